The number of rotatable bonds is 12. The van der Waals surface area contributed by atoms with E-state index < -0.39 is 12.1 Å². The van der Waals surface area contributed by atoms with Crippen LogP contribution in [-0.2, 0) is 19.1 Å². The number of hydrogen-bond donors (Lipinski definition) is 0. The summed E-state index contributed by atoms with van der Waals surface area (Å²) in [7, 11) is 0. The van der Waals surface area contributed by atoms with Crippen molar-refractivity contribution in [1.29, 1.82) is 0 Å². The Morgan fingerprint density at radius 3 is 2.41 bits per heavy atom. The molecule has 1 aliphatic carbocycles. The van der Waals surface area contributed by atoms with Crippen molar-refractivity contribution in [3.8, 4) is 0 Å². The van der Waals surface area contributed by atoms with Crippen LogP contribution < -0.4 is 4.90 Å². The van der Waals surface area contributed by atoms with Crippen LogP contribution in [-0.4, -0.2) is 77.9 Å². The van der Waals surface area contributed by atoms with Gasteiger partial charge in [-0.1, -0.05) is 51.2 Å². The lowest BCUT2D eigenvalue weighted by Crippen LogP contribution is -2.51. The van der Waals surface area contributed by atoms with Gasteiger partial charge in [-0.05, 0) is 37.8 Å². The average molecular weight is 511 g/mol. The van der Waals surface area contributed by atoms with Crippen LogP contribution in [0.25, 0.3) is 0 Å². The largest absolute Gasteiger partial charge is 0.456 e. The molecule has 202 valence electrons. The first-order valence-electron chi connectivity index (χ1n) is 14.2. The van der Waals surface area contributed by atoms with E-state index in [-0.39, 0.29) is 30.2 Å². The molecule has 2 amide bonds. The zero-order valence-corrected chi connectivity index (χ0v) is 22.2. The number of fused-ring (bicyclic) bond motifs is 1. The quantitative estimate of drug-likeness (QED) is 0.183. The summed E-state index contributed by atoms with van der Waals surface area (Å²) in [5.41, 5.74) is 0. The number of carbonyl (C=O) groups excluding carboxylic acids is 3. The number of hydrogen-bond acceptors (Lipinski definition) is 7. The zero-order valence-electron chi connectivity index (χ0n) is 22.2. The van der Waals surface area contributed by atoms with E-state index in [9.17, 15) is 14.4 Å². The second-order valence-corrected chi connectivity index (χ2v) is 10.6. The van der Waals surface area contributed by atoms with Crippen molar-refractivity contribution in [3.63, 3.8) is 0 Å². The lowest BCUT2D eigenvalue weighted by molar-refractivity contribution is -0.151. The third-order valence-corrected chi connectivity index (χ3v) is 7.89. The van der Waals surface area contributed by atoms with Crippen LogP contribution in [0.15, 0.2) is 36.5 Å². The topological polar surface area (TPSA) is 83.1 Å². The van der Waals surface area contributed by atoms with E-state index in [1.54, 1.807) is 6.20 Å². The number of unbranched alkanes of at least 4 members (excludes halogenated alkanes) is 4. The summed E-state index contributed by atoms with van der Waals surface area (Å²) in [6.45, 7) is 6.05. The molecule has 3 unspecified atom stereocenters. The molecular formula is C29H42N4O4. The number of anilines is 1. The maximum absolute atomic E-state index is 13.1. The fraction of sp³-hybridized carbons (Fsp3) is 0.655. The van der Waals surface area contributed by atoms with Crippen LogP contribution in [0.4, 0.5) is 5.82 Å². The SMILES string of the molecule is CCCCCC/C=C/C(=O)OC(CN1CCN(c2ccccn2)CC1)CN1C(=O)C2CCCCC2C1=O. The van der Waals surface area contributed by atoms with Gasteiger partial charge in [0.25, 0.3) is 0 Å². The molecule has 8 nitrogen and oxygen atoms in total. The summed E-state index contributed by atoms with van der Waals surface area (Å²) in [5, 5.41) is 0. The Morgan fingerprint density at radius 1 is 1.03 bits per heavy atom. The first kappa shape index (κ1) is 27.3. The minimum Gasteiger partial charge on any atom is -0.456 e. The van der Waals surface area contributed by atoms with Gasteiger partial charge in [0.2, 0.25) is 11.8 Å². The second kappa shape index (κ2) is 13.7. The third kappa shape index (κ3) is 7.40. The molecule has 0 radical (unpaired) electrons. The molecular weight excluding hydrogens is 468 g/mol. The van der Waals surface area contributed by atoms with Crippen molar-refractivity contribution in [2.45, 2.75) is 70.8 Å². The number of pyridine rings is 1. The molecule has 2 aliphatic heterocycles. The Morgan fingerprint density at radius 2 is 1.76 bits per heavy atom. The number of aromatic nitrogens is 1. The maximum Gasteiger partial charge on any atom is 0.330 e. The molecule has 0 spiro atoms. The molecule has 1 aromatic rings. The molecule has 3 fully saturated rings. The summed E-state index contributed by atoms with van der Waals surface area (Å²) in [6.07, 6.45) is 13.6. The number of imide groups is 1. The molecule has 0 aromatic carbocycles. The van der Waals surface area contributed by atoms with Crippen LogP contribution in [0.3, 0.4) is 0 Å². The molecule has 1 saturated carbocycles. The average Bonchev–Trinajstić information content (AvgIpc) is 3.16. The molecule has 1 aromatic heterocycles. The van der Waals surface area contributed by atoms with E-state index in [0.717, 1.165) is 76.9 Å². The highest BCUT2D eigenvalue weighted by molar-refractivity contribution is 6.05. The molecule has 3 heterocycles. The normalized spacial score (nSPS) is 23.5. The first-order valence-corrected chi connectivity index (χ1v) is 14.2. The van der Waals surface area contributed by atoms with E-state index in [1.807, 2.05) is 24.3 Å². The smallest absolute Gasteiger partial charge is 0.330 e. The number of carbonyl (C=O) groups is 3. The minimum absolute atomic E-state index is 0.0813. The first-order chi connectivity index (χ1) is 18.1. The highest BCUT2D eigenvalue weighted by Gasteiger charge is 2.48. The highest BCUT2D eigenvalue weighted by Crippen LogP contribution is 2.38. The second-order valence-electron chi connectivity index (χ2n) is 10.6. The van der Waals surface area contributed by atoms with E-state index in [2.05, 4.69) is 21.7 Å². The summed E-state index contributed by atoms with van der Waals surface area (Å²) in [4.78, 5) is 49.2. The van der Waals surface area contributed by atoms with Crippen molar-refractivity contribution < 1.29 is 19.1 Å². The van der Waals surface area contributed by atoms with Crippen LogP contribution in [0.1, 0.15) is 64.7 Å². The maximum atomic E-state index is 13.1. The summed E-state index contributed by atoms with van der Waals surface area (Å²) in [6, 6.07) is 5.91. The van der Waals surface area contributed by atoms with E-state index in [0.29, 0.717) is 6.54 Å². The van der Waals surface area contributed by atoms with Gasteiger partial charge in [0, 0.05) is 45.0 Å². The number of likely N-dealkylation sites (tertiary alicyclic amines) is 1. The molecule has 0 N–H and O–H groups in total. The van der Waals surface area contributed by atoms with Crippen molar-refractivity contribution >= 4 is 23.6 Å². The Hall–Kier alpha value is -2.74. The van der Waals surface area contributed by atoms with Gasteiger partial charge in [0.05, 0.1) is 18.4 Å². The number of ether oxygens (including phenoxy) is 1. The van der Waals surface area contributed by atoms with Crippen molar-refractivity contribution in [2.75, 3.05) is 44.2 Å². The van der Waals surface area contributed by atoms with Crippen LogP contribution in [0, 0.1) is 11.8 Å². The molecule has 2 saturated heterocycles. The van der Waals surface area contributed by atoms with Gasteiger partial charge < -0.3 is 9.64 Å². The molecule has 37 heavy (non-hydrogen) atoms. The Bertz CT molecular complexity index is 905. The molecule has 3 atom stereocenters. The molecule has 0 bridgehead atoms. The third-order valence-electron chi connectivity index (χ3n) is 7.89. The van der Waals surface area contributed by atoms with Gasteiger partial charge in [-0.25, -0.2) is 9.78 Å². The lowest BCUT2D eigenvalue weighted by atomic mass is 9.81. The standard InChI is InChI=1S/C29H42N4O4/c1-2-3-4-5-6-7-15-27(34)37-23(22-33-28(35)24-12-8-9-13-25(24)29(33)36)21-31-17-19-32(20-18-31)26-14-10-11-16-30-26/h7,10-11,14-16,23-25H,2-6,8-9,12-13,17-22H2,1H3/b15-7+. The zero-order chi connectivity index (χ0) is 26.0. The Kier molecular flexibility index (Phi) is 10.1. The fourth-order valence-electron chi connectivity index (χ4n) is 5.81. The van der Waals surface area contributed by atoms with Crippen LogP contribution in [0.5, 0.6) is 0 Å². The van der Waals surface area contributed by atoms with Crippen molar-refractivity contribution in [3.05, 3.63) is 36.5 Å². The van der Waals surface area contributed by atoms with Crippen LogP contribution >= 0.6 is 0 Å². The number of nitrogens with zero attached hydrogens (tertiary/aromatic N) is 4. The summed E-state index contributed by atoms with van der Waals surface area (Å²) in [5.74, 6) is 0.0173. The van der Waals surface area contributed by atoms with Gasteiger partial charge >= 0.3 is 5.97 Å². The number of amides is 2. The van der Waals surface area contributed by atoms with Gasteiger partial charge in [0.1, 0.15) is 11.9 Å². The predicted octanol–water partition coefficient (Wildman–Crippen LogP) is 3.82. The Labute approximate surface area is 221 Å². The summed E-state index contributed by atoms with van der Waals surface area (Å²) < 4.78 is 5.86. The summed E-state index contributed by atoms with van der Waals surface area (Å²) >= 11 is 0. The number of esters is 1. The fourth-order valence-corrected chi connectivity index (χ4v) is 5.81. The van der Waals surface area contributed by atoms with E-state index >= 15 is 0 Å². The predicted molar refractivity (Wildman–Crippen MR) is 143 cm³/mol. The highest BCUT2D eigenvalue weighted by atomic mass is 16.5. The number of piperazine rings is 1. The van der Waals surface area contributed by atoms with Gasteiger partial charge in [-0.3, -0.25) is 19.4 Å². The van der Waals surface area contributed by atoms with E-state index in [1.165, 1.54) is 23.8 Å². The monoisotopic (exact) mass is 510 g/mol. The van der Waals surface area contributed by atoms with Crippen LogP contribution in [0.2, 0.25) is 0 Å². The van der Waals surface area contributed by atoms with Gasteiger partial charge in [-0.15, -0.1) is 0 Å². The van der Waals surface area contributed by atoms with E-state index in [4.69, 9.17) is 4.74 Å². The molecule has 8 heteroatoms. The molecule has 4 rings (SSSR count). The molecule has 3 aliphatic rings. The minimum atomic E-state index is -0.549. The number of allylic oxidation sites excluding steroid dienone is 1. The Balaban J connectivity index is 1.36. The van der Waals surface area contributed by atoms with Crippen molar-refractivity contribution in [1.82, 2.24) is 14.8 Å². The van der Waals surface area contributed by atoms with Gasteiger partial charge in [0.15, 0.2) is 0 Å². The van der Waals surface area contributed by atoms with Crippen molar-refractivity contribution in [2.24, 2.45) is 11.8 Å². The van der Waals surface area contributed by atoms with Gasteiger partial charge in [-0.2, -0.15) is 0 Å². The lowest BCUT2D eigenvalue weighted by Gasteiger charge is -2.37.